The number of benzene rings is 2. The van der Waals surface area contributed by atoms with Crippen molar-refractivity contribution in [2.75, 3.05) is 13.7 Å². The lowest BCUT2D eigenvalue weighted by molar-refractivity contribution is 0.170. The number of nitrogens with zero attached hydrogens (tertiary/aromatic N) is 1. The molecule has 1 amide bonds. The van der Waals surface area contributed by atoms with Gasteiger partial charge in [0.05, 0.1) is 12.0 Å². The first-order chi connectivity index (χ1) is 12.3. The van der Waals surface area contributed by atoms with E-state index in [2.05, 4.69) is 6.58 Å². The highest BCUT2D eigenvalue weighted by atomic mass is 32.2. The van der Waals surface area contributed by atoms with Crippen molar-refractivity contribution < 1.29 is 22.7 Å². The molecule has 7 heteroatoms. The smallest absolute Gasteiger partial charge is 0.424 e. The molecule has 6 nitrogen and oxygen atoms in total. The van der Waals surface area contributed by atoms with E-state index in [1.165, 1.54) is 12.1 Å². The molecular formula is C19H19NO5S. The molecule has 0 spiro atoms. The number of sulfonamides is 1. The van der Waals surface area contributed by atoms with Crippen LogP contribution >= 0.6 is 0 Å². The fourth-order valence-electron chi connectivity index (χ4n) is 2.74. The Morgan fingerprint density at radius 3 is 2.35 bits per heavy atom. The number of carbonyl (C=O) groups excluding carboxylic acids is 1. The number of amides is 1. The van der Waals surface area contributed by atoms with Gasteiger partial charge < -0.3 is 9.47 Å². The number of cyclic esters (lactones) is 1. The summed E-state index contributed by atoms with van der Waals surface area (Å²) >= 11 is 0. The average molecular weight is 373 g/mol. The summed E-state index contributed by atoms with van der Waals surface area (Å²) in [6.45, 7) is 5.77. The first kappa shape index (κ1) is 18.0. The summed E-state index contributed by atoms with van der Waals surface area (Å²) in [7, 11) is -2.49. The van der Waals surface area contributed by atoms with E-state index in [9.17, 15) is 13.2 Å². The van der Waals surface area contributed by atoms with E-state index in [-0.39, 0.29) is 11.5 Å². The van der Waals surface area contributed by atoms with Gasteiger partial charge in [0.15, 0.2) is 0 Å². The number of hydrogen-bond donors (Lipinski definition) is 0. The van der Waals surface area contributed by atoms with E-state index in [4.69, 9.17) is 9.47 Å². The van der Waals surface area contributed by atoms with Gasteiger partial charge in [0.25, 0.3) is 10.0 Å². The van der Waals surface area contributed by atoms with Gasteiger partial charge in [-0.05, 0) is 42.3 Å². The zero-order valence-electron chi connectivity index (χ0n) is 14.5. The number of rotatable bonds is 5. The first-order valence-corrected chi connectivity index (χ1v) is 9.39. The molecule has 2 aromatic carbocycles. The summed E-state index contributed by atoms with van der Waals surface area (Å²) in [5, 5.41) is 0. The predicted molar refractivity (Wildman–Crippen MR) is 97.4 cm³/mol. The van der Waals surface area contributed by atoms with Gasteiger partial charge in [-0.3, -0.25) is 0 Å². The molecule has 136 valence electrons. The quantitative estimate of drug-likeness (QED) is 0.805. The van der Waals surface area contributed by atoms with Gasteiger partial charge in [-0.25, -0.2) is 13.2 Å². The van der Waals surface area contributed by atoms with Gasteiger partial charge in [-0.2, -0.15) is 4.31 Å². The lowest BCUT2D eigenvalue weighted by Gasteiger charge is -2.23. The highest BCUT2D eigenvalue weighted by molar-refractivity contribution is 7.89. The molecule has 1 aliphatic rings. The molecule has 1 heterocycles. The third-order valence-electron chi connectivity index (χ3n) is 4.27. The predicted octanol–water partition coefficient (Wildman–Crippen LogP) is 3.23. The molecule has 1 fully saturated rings. The molecule has 2 aromatic rings. The first-order valence-electron chi connectivity index (χ1n) is 7.95. The van der Waals surface area contributed by atoms with Crippen LogP contribution < -0.4 is 4.74 Å². The Morgan fingerprint density at radius 1 is 1.15 bits per heavy atom. The van der Waals surface area contributed by atoms with Crippen molar-refractivity contribution >= 4 is 21.7 Å². The van der Waals surface area contributed by atoms with Gasteiger partial charge in [-0.1, -0.05) is 36.4 Å². The molecule has 0 aromatic heterocycles. The van der Waals surface area contributed by atoms with Crippen molar-refractivity contribution in [3.8, 4) is 5.75 Å². The van der Waals surface area contributed by atoms with Crippen LogP contribution in [0.3, 0.4) is 0 Å². The van der Waals surface area contributed by atoms with Crippen molar-refractivity contribution in [3.63, 3.8) is 0 Å². The summed E-state index contributed by atoms with van der Waals surface area (Å²) < 4.78 is 36.8. The van der Waals surface area contributed by atoms with Crippen molar-refractivity contribution in [2.45, 2.75) is 17.9 Å². The Balaban J connectivity index is 1.95. The van der Waals surface area contributed by atoms with E-state index >= 15 is 0 Å². The van der Waals surface area contributed by atoms with Crippen LogP contribution in [0, 0.1) is 6.92 Å². The topological polar surface area (TPSA) is 72.9 Å². The van der Waals surface area contributed by atoms with Crippen LogP contribution in [0.15, 0.2) is 60.0 Å². The Labute approximate surface area is 152 Å². The summed E-state index contributed by atoms with van der Waals surface area (Å²) in [6.07, 6.45) is -0.898. The molecule has 1 atom stereocenters. The molecular weight excluding hydrogens is 354 g/mol. The molecule has 0 radical (unpaired) electrons. The lowest BCUT2D eigenvalue weighted by Crippen LogP contribution is -2.39. The Kier molecular flexibility index (Phi) is 4.73. The van der Waals surface area contributed by atoms with E-state index in [0.29, 0.717) is 16.9 Å². The van der Waals surface area contributed by atoms with Gasteiger partial charge >= 0.3 is 6.09 Å². The van der Waals surface area contributed by atoms with E-state index in [0.717, 1.165) is 9.87 Å². The molecule has 0 bridgehead atoms. The monoisotopic (exact) mass is 373 g/mol. The van der Waals surface area contributed by atoms with Crippen LogP contribution in [-0.2, 0) is 14.8 Å². The number of hydrogen-bond acceptors (Lipinski definition) is 5. The van der Waals surface area contributed by atoms with E-state index in [1.54, 1.807) is 43.5 Å². The largest absolute Gasteiger partial charge is 0.497 e. The minimum absolute atomic E-state index is 0.0366. The molecule has 0 N–H and O–H groups in total. The maximum atomic E-state index is 13.0. The molecule has 1 saturated heterocycles. The zero-order valence-corrected chi connectivity index (χ0v) is 15.3. The standard InChI is InChI=1S/C19H19NO5S/c1-13-4-10-17(11-5-13)26(22,23)20-18(12-25-19(20)21)14(2)15-6-8-16(24-3)9-7-15/h4-11,18H,2,12H2,1,3H3. The Hall–Kier alpha value is -2.80. The second kappa shape index (κ2) is 6.84. The highest BCUT2D eigenvalue weighted by Gasteiger charge is 2.44. The number of methoxy groups -OCH3 is 1. The fraction of sp³-hybridized carbons (Fsp3) is 0.211. The number of ether oxygens (including phenoxy) is 2. The summed E-state index contributed by atoms with van der Waals surface area (Å²) in [4.78, 5) is 12.2. The molecule has 26 heavy (non-hydrogen) atoms. The van der Waals surface area contributed by atoms with Crippen molar-refractivity contribution in [2.24, 2.45) is 0 Å². The third-order valence-corrected chi connectivity index (χ3v) is 6.06. The maximum absolute atomic E-state index is 13.0. The van der Waals surface area contributed by atoms with Crippen molar-refractivity contribution in [1.29, 1.82) is 0 Å². The summed E-state index contributed by atoms with van der Waals surface area (Å²) in [5.74, 6) is 0.671. The minimum Gasteiger partial charge on any atom is -0.497 e. The highest BCUT2D eigenvalue weighted by Crippen LogP contribution is 2.31. The average Bonchev–Trinajstić information content (AvgIpc) is 3.04. The minimum atomic E-state index is -4.05. The molecule has 0 aliphatic carbocycles. The van der Waals surface area contributed by atoms with Gasteiger partial charge in [0.1, 0.15) is 18.4 Å². The summed E-state index contributed by atoms with van der Waals surface area (Å²) in [6, 6.07) is 12.5. The van der Waals surface area contributed by atoms with Crippen molar-refractivity contribution in [1.82, 2.24) is 4.31 Å². The van der Waals surface area contributed by atoms with E-state index < -0.39 is 22.2 Å². The number of aryl methyl sites for hydroxylation is 1. The second-order valence-electron chi connectivity index (χ2n) is 5.96. The van der Waals surface area contributed by atoms with Crippen LogP contribution in [0.5, 0.6) is 5.75 Å². The third kappa shape index (κ3) is 3.17. The Bertz CT molecular complexity index is 933. The van der Waals surface area contributed by atoms with Gasteiger partial charge in [-0.15, -0.1) is 0 Å². The Morgan fingerprint density at radius 2 is 1.77 bits per heavy atom. The van der Waals surface area contributed by atoms with E-state index in [1.807, 2.05) is 6.92 Å². The van der Waals surface area contributed by atoms with Crippen LogP contribution in [0.1, 0.15) is 11.1 Å². The fourth-order valence-corrected chi connectivity index (χ4v) is 4.22. The SMILES string of the molecule is C=C(c1ccc(OC)cc1)C1COC(=O)N1S(=O)(=O)c1ccc(C)cc1. The van der Waals surface area contributed by atoms with Crippen LogP contribution in [0.4, 0.5) is 4.79 Å². The van der Waals surface area contributed by atoms with Crippen LogP contribution in [-0.4, -0.2) is 38.6 Å². The van der Waals surface area contributed by atoms with Crippen molar-refractivity contribution in [3.05, 3.63) is 66.2 Å². The zero-order chi connectivity index (χ0) is 18.9. The lowest BCUT2D eigenvalue weighted by atomic mass is 10.0. The van der Waals surface area contributed by atoms with Crippen LogP contribution in [0.2, 0.25) is 0 Å². The van der Waals surface area contributed by atoms with Gasteiger partial charge in [0.2, 0.25) is 0 Å². The second-order valence-corrected chi connectivity index (χ2v) is 7.78. The van der Waals surface area contributed by atoms with Crippen LogP contribution in [0.25, 0.3) is 5.57 Å². The normalized spacial score (nSPS) is 17.1. The molecule has 1 aliphatic heterocycles. The molecule has 1 unspecified atom stereocenters. The summed E-state index contributed by atoms with van der Waals surface area (Å²) in [5.41, 5.74) is 2.11. The molecule has 3 rings (SSSR count). The molecule has 0 saturated carbocycles. The maximum Gasteiger partial charge on any atom is 0.424 e. The van der Waals surface area contributed by atoms with Gasteiger partial charge in [0, 0.05) is 0 Å². The number of carbonyl (C=O) groups is 1.